The lowest BCUT2D eigenvalue weighted by atomic mass is 10.3. The van der Waals surface area contributed by atoms with E-state index < -0.39 is 4.92 Å². The van der Waals surface area contributed by atoms with Gasteiger partial charge < -0.3 is 15.6 Å². The monoisotopic (exact) mass is 250 g/mol. The highest BCUT2D eigenvalue weighted by atomic mass is 16.6. The van der Waals surface area contributed by atoms with Crippen molar-refractivity contribution in [1.29, 1.82) is 0 Å². The van der Waals surface area contributed by atoms with Crippen molar-refractivity contribution in [2.75, 3.05) is 17.6 Å². The van der Waals surface area contributed by atoms with Crippen LogP contribution in [-0.2, 0) is 6.42 Å². The summed E-state index contributed by atoms with van der Waals surface area (Å²) in [4.78, 5) is 17.9. The maximum absolute atomic E-state index is 10.6. The molecule has 3 N–H and O–H groups in total. The van der Waals surface area contributed by atoms with Crippen molar-refractivity contribution in [2.45, 2.75) is 6.42 Å². The third-order valence-electron chi connectivity index (χ3n) is 2.09. The lowest BCUT2D eigenvalue weighted by molar-refractivity contribution is -0.384. The van der Waals surface area contributed by atoms with Crippen molar-refractivity contribution in [2.24, 2.45) is 0 Å². The number of hydrogen-bond acceptors (Lipinski definition) is 8. The zero-order valence-corrected chi connectivity index (χ0v) is 9.24. The molecule has 0 aliphatic carbocycles. The molecule has 0 saturated heterocycles. The number of nitrogens with zero attached hydrogens (tertiary/aromatic N) is 4. The first-order valence-electron chi connectivity index (χ1n) is 5.06. The Morgan fingerprint density at radius 2 is 2.33 bits per heavy atom. The third-order valence-corrected chi connectivity index (χ3v) is 2.09. The molecular formula is C9H10N6O3. The maximum atomic E-state index is 10.6. The summed E-state index contributed by atoms with van der Waals surface area (Å²) in [5.74, 6) is 0.895. The smallest absolute Gasteiger partial charge is 0.276 e. The molecule has 9 heteroatoms. The van der Waals surface area contributed by atoms with Crippen LogP contribution in [0.4, 0.5) is 17.3 Å². The molecule has 18 heavy (non-hydrogen) atoms. The van der Waals surface area contributed by atoms with E-state index >= 15 is 0 Å². The van der Waals surface area contributed by atoms with Gasteiger partial charge >= 0.3 is 0 Å². The van der Waals surface area contributed by atoms with Crippen molar-refractivity contribution < 1.29 is 9.45 Å². The largest absolute Gasteiger partial charge is 0.383 e. The summed E-state index contributed by atoms with van der Waals surface area (Å²) < 4.78 is 4.80. The number of aromatic nitrogens is 3. The topological polar surface area (TPSA) is 133 Å². The summed E-state index contributed by atoms with van der Waals surface area (Å²) in [7, 11) is 0. The molecule has 0 unspecified atom stereocenters. The highest BCUT2D eigenvalue weighted by molar-refractivity contribution is 5.52. The van der Waals surface area contributed by atoms with Gasteiger partial charge in [0.05, 0.1) is 17.1 Å². The molecule has 2 aromatic rings. The van der Waals surface area contributed by atoms with Crippen LogP contribution in [0.2, 0.25) is 0 Å². The van der Waals surface area contributed by atoms with Gasteiger partial charge in [-0.2, -0.15) is 4.98 Å². The maximum Gasteiger partial charge on any atom is 0.276 e. The Balaban J connectivity index is 1.98. The molecule has 9 nitrogen and oxygen atoms in total. The van der Waals surface area contributed by atoms with Crippen LogP contribution < -0.4 is 11.1 Å². The predicted octanol–water partition coefficient (Wildman–Crippen LogP) is 0.610. The molecule has 0 aliphatic rings. The molecule has 0 saturated carbocycles. The fraction of sp³-hybridized carbons (Fsp3) is 0.222. The fourth-order valence-corrected chi connectivity index (χ4v) is 1.34. The van der Waals surface area contributed by atoms with E-state index in [1.807, 2.05) is 0 Å². The van der Waals surface area contributed by atoms with Crippen LogP contribution in [-0.4, -0.2) is 26.6 Å². The quantitative estimate of drug-likeness (QED) is 0.582. The Labute approximate surface area is 101 Å². The second kappa shape index (κ2) is 5.08. The first kappa shape index (κ1) is 11.8. The number of hydrogen-bond donors (Lipinski definition) is 2. The molecule has 0 aliphatic heterocycles. The molecular weight excluding hydrogens is 240 g/mol. The standard InChI is InChI=1S/C9H10N6O3/c10-7-3-6(15(16)17)4-8(14-7)11-2-1-9-12-5-13-18-9/h3-5H,1-2H2,(H3,10,11,14). The van der Waals surface area contributed by atoms with E-state index in [9.17, 15) is 10.1 Å². The SMILES string of the molecule is Nc1cc([N+](=O)[O-])cc(NCCc2ncno2)n1. The number of nitrogens with two attached hydrogens (primary N) is 1. The molecule has 2 rings (SSSR count). The lowest BCUT2D eigenvalue weighted by Gasteiger charge is -2.04. The van der Waals surface area contributed by atoms with E-state index in [1.54, 1.807) is 0 Å². The molecule has 0 spiro atoms. The highest BCUT2D eigenvalue weighted by Crippen LogP contribution is 2.18. The van der Waals surface area contributed by atoms with Crippen molar-refractivity contribution in [1.82, 2.24) is 15.1 Å². The summed E-state index contributed by atoms with van der Waals surface area (Å²) in [6.07, 6.45) is 1.79. The van der Waals surface area contributed by atoms with E-state index in [2.05, 4.69) is 20.4 Å². The number of nitrogens with one attached hydrogen (secondary N) is 1. The number of anilines is 2. The Bertz CT molecular complexity index is 541. The van der Waals surface area contributed by atoms with Gasteiger partial charge in [-0.3, -0.25) is 10.1 Å². The summed E-state index contributed by atoms with van der Waals surface area (Å²) in [5, 5.41) is 17.0. The minimum atomic E-state index is -0.527. The first-order valence-corrected chi connectivity index (χ1v) is 5.06. The van der Waals surface area contributed by atoms with Crippen molar-refractivity contribution >= 4 is 17.3 Å². The molecule has 0 radical (unpaired) electrons. The third kappa shape index (κ3) is 2.90. The van der Waals surface area contributed by atoms with Crippen LogP contribution in [0.25, 0.3) is 0 Å². The second-order valence-electron chi connectivity index (χ2n) is 3.40. The van der Waals surface area contributed by atoms with Crippen LogP contribution in [0.15, 0.2) is 23.0 Å². The number of rotatable bonds is 5. The van der Waals surface area contributed by atoms with Crippen molar-refractivity contribution in [3.05, 3.63) is 34.5 Å². The summed E-state index contributed by atoms with van der Waals surface area (Å²) in [6.45, 7) is 0.454. The van der Waals surface area contributed by atoms with E-state index in [1.165, 1.54) is 18.5 Å². The van der Waals surface area contributed by atoms with Gasteiger partial charge in [0.2, 0.25) is 5.89 Å². The summed E-state index contributed by atoms with van der Waals surface area (Å²) >= 11 is 0. The first-order chi connectivity index (χ1) is 8.65. The van der Waals surface area contributed by atoms with Gasteiger partial charge in [0.1, 0.15) is 11.6 Å². The van der Waals surface area contributed by atoms with Gasteiger partial charge in [0.15, 0.2) is 6.33 Å². The van der Waals surface area contributed by atoms with E-state index in [0.717, 1.165) is 0 Å². The summed E-state index contributed by atoms with van der Waals surface area (Å²) in [6, 6.07) is 2.51. The molecule has 0 bridgehead atoms. The van der Waals surface area contributed by atoms with E-state index in [0.29, 0.717) is 24.7 Å². The van der Waals surface area contributed by atoms with Gasteiger partial charge in [-0.05, 0) is 0 Å². The Hall–Kier alpha value is -2.71. The van der Waals surface area contributed by atoms with Crippen LogP contribution in [0, 0.1) is 10.1 Å². The van der Waals surface area contributed by atoms with Gasteiger partial charge in [0.25, 0.3) is 5.69 Å². The number of pyridine rings is 1. The molecule has 2 aromatic heterocycles. The van der Waals surface area contributed by atoms with Gasteiger partial charge in [-0.15, -0.1) is 0 Å². The Morgan fingerprint density at radius 1 is 1.50 bits per heavy atom. The molecule has 0 amide bonds. The molecule has 0 fully saturated rings. The Morgan fingerprint density at radius 3 is 3.00 bits per heavy atom. The minimum Gasteiger partial charge on any atom is -0.383 e. The molecule has 0 atom stereocenters. The van der Waals surface area contributed by atoms with Crippen LogP contribution in [0.1, 0.15) is 5.89 Å². The zero-order valence-electron chi connectivity index (χ0n) is 9.24. The molecule has 94 valence electrons. The highest BCUT2D eigenvalue weighted by Gasteiger charge is 2.09. The average molecular weight is 250 g/mol. The second-order valence-corrected chi connectivity index (χ2v) is 3.40. The minimum absolute atomic E-state index is 0.0875. The average Bonchev–Trinajstić information content (AvgIpc) is 2.81. The van der Waals surface area contributed by atoms with Gasteiger partial charge in [-0.1, -0.05) is 5.16 Å². The summed E-state index contributed by atoms with van der Waals surface area (Å²) in [5.41, 5.74) is 5.36. The normalized spacial score (nSPS) is 10.2. The molecule has 2 heterocycles. The van der Waals surface area contributed by atoms with Crippen LogP contribution >= 0.6 is 0 Å². The number of nitrogen functional groups attached to an aromatic ring is 1. The Kier molecular flexibility index (Phi) is 3.32. The number of nitro groups is 1. The van der Waals surface area contributed by atoms with E-state index in [4.69, 9.17) is 10.3 Å². The van der Waals surface area contributed by atoms with E-state index in [-0.39, 0.29) is 11.5 Å². The fourth-order valence-electron chi connectivity index (χ4n) is 1.34. The van der Waals surface area contributed by atoms with Crippen molar-refractivity contribution in [3.63, 3.8) is 0 Å². The molecule has 0 aromatic carbocycles. The van der Waals surface area contributed by atoms with Crippen LogP contribution in [0.5, 0.6) is 0 Å². The lowest BCUT2D eigenvalue weighted by Crippen LogP contribution is -2.08. The predicted molar refractivity (Wildman–Crippen MR) is 61.8 cm³/mol. The van der Waals surface area contributed by atoms with Gasteiger partial charge in [-0.25, -0.2) is 4.98 Å². The van der Waals surface area contributed by atoms with Crippen LogP contribution in [0.3, 0.4) is 0 Å². The van der Waals surface area contributed by atoms with Crippen molar-refractivity contribution in [3.8, 4) is 0 Å². The zero-order chi connectivity index (χ0) is 13.0. The van der Waals surface area contributed by atoms with Gasteiger partial charge in [0, 0.05) is 13.0 Å².